The Morgan fingerprint density at radius 1 is 1.21 bits per heavy atom. The number of fused-ring (bicyclic) bond motifs is 1. The first kappa shape index (κ1) is 20.7. The Labute approximate surface area is 172 Å². The zero-order valence-electron chi connectivity index (χ0n) is 17.3. The standard InChI is InChI=1S/C23H29N3O3/c1-4-23(15-21(27)28)22(29)26(13-12-17-8-6-5-7-9-17)16-18-14-19(24-2)10-11-20(18)25(23)3/h5-11,14,24H,4,12-13,15-16H2,1-3H3,(H,27,28). The highest BCUT2D eigenvalue weighted by molar-refractivity contribution is 5.95. The molecule has 1 aliphatic heterocycles. The highest BCUT2D eigenvalue weighted by Crippen LogP contribution is 2.38. The molecule has 0 saturated heterocycles. The highest BCUT2D eigenvalue weighted by atomic mass is 16.4. The molecule has 6 nitrogen and oxygen atoms in total. The topological polar surface area (TPSA) is 72.9 Å². The van der Waals surface area contributed by atoms with Crippen LogP contribution in [-0.2, 0) is 22.6 Å². The average molecular weight is 396 g/mol. The Morgan fingerprint density at radius 3 is 2.55 bits per heavy atom. The van der Waals surface area contributed by atoms with E-state index < -0.39 is 11.5 Å². The van der Waals surface area contributed by atoms with E-state index in [0.29, 0.717) is 19.5 Å². The third-order valence-corrected chi connectivity index (χ3v) is 5.96. The minimum absolute atomic E-state index is 0.122. The average Bonchev–Trinajstić information content (AvgIpc) is 2.81. The lowest BCUT2D eigenvalue weighted by molar-refractivity contribution is -0.146. The fraction of sp³-hybridized carbons (Fsp3) is 0.391. The summed E-state index contributed by atoms with van der Waals surface area (Å²) in [7, 11) is 3.70. The molecule has 2 N–H and O–H groups in total. The molecule has 0 saturated carbocycles. The van der Waals surface area contributed by atoms with Crippen molar-refractivity contribution in [1.29, 1.82) is 0 Å². The van der Waals surface area contributed by atoms with Gasteiger partial charge in [0.2, 0.25) is 5.91 Å². The van der Waals surface area contributed by atoms with Crippen LogP contribution in [0.4, 0.5) is 11.4 Å². The van der Waals surface area contributed by atoms with E-state index in [1.165, 1.54) is 0 Å². The van der Waals surface area contributed by atoms with Crippen molar-refractivity contribution in [3.8, 4) is 0 Å². The van der Waals surface area contributed by atoms with Gasteiger partial charge in [-0.15, -0.1) is 0 Å². The second-order valence-corrected chi connectivity index (χ2v) is 7.57. The van der Waals surface area contributed by atoms with E-state index in [1.54, 1.807) is 0 Å². The normalized spacial score (nSPS) is 18.9. The number of likely N-dealkylation sites (N-methyl/N-ethyl adjacent to an activating group) is 1. The van der Waals surface area contributed by atoms with Crippen LogP contribution >= 0.6 is 0 Å². The van der Waals surface area contributed by atoms with Crippen molar-refractivity contribution in [2.45, 2.75) is 38.3 Å². The third-order valence-electron chi connectivity index (χ3n) is 5.96. The molecule has 29 heavy (non-hydrogen) atoms. The van der Waals surface area contributed by atoms with Crippen LogP contribution in [0.15, 0.2) is 48.5 Å². The SMILES string of the molecule is CCC1(CC(=O)O)C(=O)N(CCc2ccccc2)Cc2cc(NC)ccc2N1C. The first-order valence-electron chi connectivity index (χ1n) is 10.0. The van der Waals surface area contributed by atoms with Gasteiger partial charge in [0.25, 0.3) is 0 Å². The van der Waals surface area contributed by atoms with Crippen molar-refractivity contribution >= 4 is 23.3 Å². The Morgan fingerprint density at radius 2 is 1.93 bits per heavy atom. The number of carbonyl (C=O) groups is 2. The number of amides is 1. The van der Waals surface area contributed by atoms with Crippen LogP contribution < -0.4 is 10.2 Å². The second kappa shape index (κ2) is 8.55. The number of carboxylic acid groups (broad SMARTS) is 1. The summed E-state index contributed by atoms with van der Waals surface area (Å²) in [6.45, 7) is 2.89. The van der Waals surface area contributed by atoms with Gasteiger partial charge in [-0.05, 0) is 42.2 Å². The van der Waals surface area contributed by atoms with Crippen LogP contribution in [0.5, 0.6) is 0 Å². The van der Waals surface area contributed by atoms with Gasteiger partial charge in [-0.2, -0.15) is 0 Å². The summed E-state index contributed by atoms with van der Waals surface area (Å²) in [4.78, 5) is 29.1. The monoisotopic (exact) mass is 395 g/mol. The molecule has 6 heteroatoms. The molecule has 0 spiro atoms. The summed E-state index contributed by atoms with van der Waals surface area (Å²) >= 11 is 0. The predicted octanol–water partition coefficient (Wildman–Crippen LogP) is 3.37. The Hall–Kier alpha value is -3.02. The number of anilines is 2. The van der Waals surface area contributed by atoms with E-state index in [4.69, 9.17) is 0 Å². The molecule has 1 heterocycles. The predicted molar refractivity (Wildman–Crippen MR) is 115 cm³/mol. The number of benzene rings is 2. The van der Waals surface area contributed by atoms with Crippen LogP contribution in [0.2, 0.25) is 0 Å². The van der Waals surface area contributed by atoms with Crippen LogP contribution in [0, 0.1) is 0 Å². The van der Waals surface area contributed by atoms with Gasteiger partial charge in [0, 0.05) is 38.6 Å². The molecule has 1 atom stereocenters. The van der Waals surface area contributed by atoms with Gasteiger partial charge in [0.05, 0.1) is 6.42 Å². The lowest BCUT2D eigenvalue weighted by Gasteiger charge is -2.41. The number of nitrogens with zero attached hydrogens (tertiary/aromatic N) is 2. The lowest BCUT2D eigenvalue weighted by atomic mass is 9.88. The maximum Gasteiger partial charge on any atom is 0.306 e. The number of rotatable bonds is 7. The van der Waals surface area contributed by atoms with Crippen molar-refractivity contribution in [2.24, 2.45) is 0 Å². The summed E-state index contributed by atoms with van der Waals surface area (Å²) in [6, 6.07) is 16.0. The summed E-state index contributed by atoms with van der Waals surface area (Å²) in [6.07, 6.45) is 0.918. The molecule has 1 unspecified atom stereocenters. The Bertz CT molecular complexity index is 884. The molecule has 1 aliphatic rings. The minimum atomic E-state index is -1.10. The van der Waals surface area contributed by atoms with Crippen LogP contribution in [0.25, 0.3) is 0 Å². The number of carbonyl (C=O) groups excluding carboxylic acids is 1. The largest absolute Gasteiger partial charge is 0.481 e. The van der Waals surface area contributed by atoms with Crippen molar-refractivity contribution < 1.29 is 14.7 Å². The third kappa shape index (κ3) is 4.06. The summed E-state index contributed by atoms with van der Waals surface area (Å²) in [5.41, 5.74) is 2.94. The maximum absolute atomic E-state index is 13.7. The molecule has 1 amide bonds. The van der Waals surface area contributed by atoms with Crippen LogP contribution in [-0.4, -0.2) is 48.1 Å². The van der Waals surface area contributed by atoms with E-state index in [-0.39, 0.29) is 12.3 Å². The molecular weight excluding hydrogens is 366 g/mol. The molecule has 0 fully saturated rings. The number of hydrogen-bond donors (Lipinski definition) is 2. The van der Waals surface area contributed by atoms with Crippen molar-refractivity contribution in [2.75, 3.05) is 30.9 Å². The molecule has 2 aromatic rings. The lowest BCUT2D eigenvalue weighted by Crippen LogP contribution is -2.58. The molecular formula is C23H29N3O3. The summed E-state index contributed by atoms with van der Waals surface area (Å²) < 4.78 is 0. The first-order valence-corrected chi connectivity index (χ1v) is 10.0. The van der Waals surface area contributed by atoms with E-state index in [9.17, 15) is 14.7 Å². The van der Waals surface area contributed by atoms with Crippen LogP contribution in [0.1, 0.15) is 30.9 Å². The quantitative estimate of drug-likeness (QED) is 0.752. The molecule has 0 radical (unpaired) electrons. The van der Waals surface area contributed by atoms with Gasteiger partial charge < -0.3 is 20.2 Å². The van der Waals surface area contributed by atoms with Gasteiger partial charge >= 0.3 is 5.97 Å². The summed E-state index contributed by atoms with van der Waals surface area (Å²) in [5.74, 6) is -1.09. The van der Waals surface area contributed by atoms with Crippen molar-refractivity contribution in [3.63, 3.8) is 0 Å². The molecule has 0 aliphatic carbocycles. The van der Waals surface area contributed by atoms with Crippen molar-refractivity contribution in [1.82, 2.24) is 4.90 Å². The van der Waals surface area contributed by atoms with E-state index in [2.05, 4.69) is 5.32 Å². The van der Waals surface area contributed by atoms with Gasteiger partial charge in [0.15, 0.2) is 0 Å². The van der Waals surface area contributed by atoms with Gasteiger partial charge in [-0.1, -0.05) is 37.3 Å². The smallest absolute Gasteiger partial charge is 0.306 e. The number of hydrogen-bond acceptors (Lipinski definition) is 4. The molecule has 3 rings (SSSR count). The minimum Gasteiger partial charge on any atom is -0.481 e. The Kier molecular flexibility index (Phi) is 6.11. The fourth-order valence-corrected chi connectivity index (χ4v) is 4.19. The zero-order valence-corrected chi connectivity index (χ0v) is 17.3. The Balaban J connectivity index is 2.03. The zero-order chi connectivity index (χ0) is 21.0. The van der Waals surface area contributed by atoms with E-state index in [0.717, 1.165) is 28.9 Å². The number of carboxylic acids is 1. The second-order valence-electron chi connectivity index (χ2n) is 7.57. The highest BCUT2D eigenvalue weighted by Gasteiger charge is 2.47. The molecule has 154 valence electrons. The first-order chi connectivity index (χ1) is 13.9. The van der Waals surface area contributed by atoms with Gasteiger partial charge in [-0.3, -0.25) is 9.59 Å². The molecule has 0 aromatic heterocycles. The molecule has 2 aromatic carbocycles. The van der Waals surface area contributed by atoms with E-state index >= 15 is 0 Å². The van der Waals surface area contributed by atoms with Crippen LogP contribution in [0.3, 0.4) is 0 Å². The molecule has 0 bridgehead atoms. The van der Waals surface area contributed by atoms with E-state index in [1.807, 2.05) is 79.3 Å². The van der Waals surface area contributed by atoms with Gasteiger partial charge in [0.1, 0.15) is 5.54 Å². The number of aliphatic carboxylic acids is 1. The number of nitrogens with one attached hydrogen (secondary N) is 1. The fourth-order valence-electron chi connectivity index (χ4n) is 4.19. The maximum atomic E-state index is 13.7. The summed E-state index contributed by atoms with van der Waals surface area (Å²) in [5, 5.41) is 12.8. The van der Waals surface area contributed by atoms with Crippen molar-refractivity contribution in [3.05, 3.63) is 59.7 Å². The van der Waals surface area contributed by atoms with Gasteiger partial charge in [-0.25, -0.2) is 0 Å².